The van der Waals surface area contributed by atoms with Gasteiger partial charge in [-0.05, 0) is 37.4 Å². The third-order valence-corrected chi connectivity index (χ3v) is 4.19. The molecule has 2 rings (SSSR count). The Labute approximate surface area is 123 Å². The molecule has 3 nitrogen and oxygen atoms in total. The standard InChI is InChI=1S/C17H29N3/c1-14(2)12-18-13-15-11-17(9-10-19-15)20(3)16-7-5-4-6-8-16/h9-11,14,16,18H,4-8,12-13H2,1-3H3. The van der Waals surface area contributed by atoms with Crippen LogP contribution in [0.3, 0.4) is 0 Å². The molecular formula is C17H29N3. The molecule has 1 aliphatic rings. The fourth-order valence-electron chi connectivity index (χ4n) is 2.95. The molecule has 0 bridgehead atoms. The zero-order valence-electron chi connectivity index (χ0n) is 13.2. The second-order valence-corrected chi connectivity index (χ2v) is 6.43. The molecule has 1 aromatic heterocycles. The molecule has 0 aliphatic heterocycles. The lowest BCUT2D eigenvalue weighted by molar-refractivity contribution is 0.427. The molecule has 20 heavy (non-hydrogen) atoms. The molecule has 0 saturated heterocycles. The summed E-state index contributed by atoms with van der Waals surface area (Å²) in [7, 11) is 2.23. The van der Waals surface area contributed by atoms with E-state index in [0.29, 0.717) is 12.0 Å². The van der Waals surface area contributed by atoms with Gasteiger partial charge in [-0.25, -0.2) is 0 Å². The van der Waals surface area contributed by atoms with E-state index in [2.05, 4.69) is 48.2 Å². The van der Waals surface area contributed by atoms with E-state index in [1.807, 2.05) is 6.20 Å². The summed E-state index contributed by atoms with van der Waals surface area (Å²) in [5.41, 5.74) is 2.46. The Morgan fingerprint density at radius 2 is 2.05 bits per heavy atom. The molecule has 0 radical (unpaired) electrons. The molecule has 0 amide bonds. The molecule has 0 spiro atoms. The van der Waals surface area contributed by atoms with E-state index >= 15 is 0 Å². The minimum atomic E-state index is 0.683. The molecule has 112 valence electrons. The van der Waals surface area contributed by atoms with E-state index in [1.54, 1.807) is 0 Å². The van der Waals surface area contributed by atoms with Gasteiger partial charge < -0.3 is 10.2 Å². The zero-order chi connectivity index (χ0) is 14.4. The molecule has 0 unspecified atom stereocenters. The second kappa shape index (κ2) is 7.63. The van der Waals surface area contributed by atoms with Crippen LogP contribution in [0, 0.1) is 5.92 Å². The Morgan fingerprint density at radius 1 is 1.30 bits per heavy atom. The lowest BCUT2D eigenvalue weighted by Crippen LogP contribution is -2.33. The van der Waals surface area contributed by atoms with E-state index in [-0.39, 0.29) is 0 Å². The van der Waals surface area contributed by atoms with Crippen LogP contribution in [0.25, 0.3) is 0 Å². The van der Waals surface area contributed by atoms with E-state index in [4.69, 9.17) is 0 Å². The summed E-state index contributed by atoms with van der Waals surface area (Å²) in [5.74, 6) is 0.683. The number of aromatic nitrogens is 1. The Balaban J connectivity index is 1.93. The van der Waals surface area contributed by atoms with Gasteiger partial charge in [-0.15, -0.1) is 0 Å². The number of rotatable bonds is 6. The number of hydrogen-bond acceptors (Lipinski definition) is 3. The monoisotopic (exact) mass is 275 g/mol. The van der Waals surface area contributed by atoms with Crippen LogP contribution in [0.4, 0.5) is 5.69 Å². The van der Waals surface area contributed by atoms with Crippen molar-refractivity contribution >= 4 is 5.69 Å². The summed E-state index contributed by atoms with van der Waals surface area (Å²) in [6.07, 6.45) is 8.78. The molecule has 1 saturated carbocycles. The van der Waals surface area contributed by atoms with Crippen LogP contribution in [0.5, 0.6) is 0 Å². The average molecular weight is 275 g/mol. The summed E-state index contributed by atoms with van der Waals surface area (Å²) in [5, 5.41) is 3.47. The maximum absolute atomic E-state index is 4.47. The Kier molecular flexibility index (Phi) is 5.84. The Bertz CT molecular complexity index is 397. The average Bonchev–Trinajstić information content (AvgIpc) is 2.47. The van der Waals surface area contributed by atoms with Gasteiger partial charge in [0, 0.05) is 31.5 Å². The highest BCUT2D eigenvalue weighted by Gasteiger charge is 2.18. The van der Waals surface area contributed by atoms with E-state index in [9.17, 15) is 0 Å². The third kappa shape index (κ3) is 4.48. The molecule has 0 aromatic carbocycles. The highest BCUT2D eigenvalue weighted by Crippen LogP contribution is 2.26. The van der Waals surface area contributed by atoms with Crippen LogP contribution in [-0.4, -0.2) is 24.6 Å². The van der Waals surface area contributed by atoms with Crippen molar-refractivity contribution in [3.63, 3.8) is 0 Å². The third-order valence-electron chi connectivity index (χ3n) is 4.19. The van der Waals surface area contributed by atoms with Crippen LogP contribution < -0.4 is 10.2 Å². The smallest absolute Gasteiger partial charge is 0.0562 e. The lowest BCUT2D eigenvalue weighted by atomic mass is 9.94. The fourth-order valence-corrected chi connectivity index (χ4v) is 2.95. The minimum absolute atomic E-state index is 0.683. The normalized spacial score (nSPS) is 16.6. The molecule has 1 fully saturated rings. The van der Waals surface area contributed by atoms with Crippen molar-refractivity contribution in [2.45, 2.75) is 58.5 Å². The maximum Gasteiger partial charge on any atom is 0.0562 e. The molecule has 1 heterocycles. The summed E-state index contributed by atoms with van der Waals surface area (Å²) in [6, 6.07) is 5.09. The van der Waals surface area contributed by atoms with Crippen LogP contribution in [0.1, 0.15) is 51.6 Å². The number of pyridine rings is 1. The molecule has 1 aromatic rings. The summed E-state index contributed by atoms with van der Waals surface area (Å²) in [4.78, 5) is 6.93. The van der Waals surface area contributed by atoms with Gasteiger partial charge in [0.25, 0.3) is 0 Å². The van der Waals surface area contributed by atoms with Crippen molar-refractivity contribution < 1.29 is 0 Å². The molecule has 0 atom stereocenters. The zero-order valence-corrected chi connectivity index (χ0v) is 13.2. The van der Waals surface area contributed by atoms with Crippen molar-refractivity contribution in [2.75, 3.05) is 18.5 Å². The quantitative estimate of drug-likeness (QED) is 0.860. The SMILES string of the molecule is CC(C)CNCc1cc(N(C)C2CCCCC2)ccn1. The molecular weight excluding hydrogens is 246 g/mol. The van der Waals surface area contributed by atoms with Gasteiger partial charge in [0.15, 0.2) is 0 Å². The predicted octanol–water partition coefficient (Wildman–Crippen LogP) is 3.60. The predicted molar refractivity (Wildman–Crippen MR) is 86.1 cm³/mol. The summed E-state index contributed by atoms with van der Waals surface area (Å²) >= 11 is 0. The Hall–Kier alpha value is -1.09. The van der Waals surface area contributed by atoms with Crippen LogP contribution >= 0.6 is 0 Å². The van der Waals surface area contributed by atoms with Gasteiger partial charge in [0.2, 0.25) is 0 Å². The van der Waals surface area contributed by atoms with Crippen molar-refractivity contribution in [1.29, 1.82) is 0 Å². The molecule has 3 heteroatoms. The Morgan fingerprint density at radius 3 is 2.75 bits per heavy atom. The van der Waals surface area contributed by atoms with Gasteiger partial charge in [-0.3, -0.25) is 4.98 Å². The van der Waals surface area contributed by atoms with E-state index in [0.717, 1.165) is 18.8 Å². The highest BCUT2D eigenvalue weighted by molar-refractivity contribution is 5.46. The first-order chi connectivity index (χ1) is 9.66. The lowest BCUT2D eigenvalue weighted by Gasteiger charge is -2.33. The summed E-state index contributed by atoms with van der Waals surface area (Å²) < 4.78 is 0. The fraction of sp³-hybridized carbons (Fsp3) is 0.706. The van der Waals surface area contributed by atoms with Gasteiger partial charge in [0.1, 0.15) is 0 Å². The first-order valence-electron chi connectivity index (χ1n) is 8.05. The topological polar surface area (TPSA) is 28.2 Å². The van der Waals surface area contributed by atoms with Crippen molar-refractivity contribution in [3.8, 4) is 0 Å². The minimum Gasteiger partial charge on any atom is -0.372 e. The number of nitrogens with one attached hydrogen (secondary N) is 1. The van der Waals surface area contributed by atoms with Crippen LogP contribution in [0.2, 0.25) is 0 Å². The van der Waals surface area contributed by atoms with E-state index in [1.165, 1.54) is 37.8 Å². The van der Waals surface area contributed by atoms with Crippen molar-refractivity contribution in [3.05, 3.63) is 24.0 Å². The van der Waals surface area contributed by atoms with Gasteiger partial charge >= 0.3 is 0 Å². The first kappa shape index (κ1) is 15.3. The van der Waals surface area contributed by atoms with E-state index < -0.39 is 0 Å². The highest BCUT2D eigenvalue weighted by atomic mass is 15.1. The number of anilines is 1. The van der Waals surface area contributed by atoms with Crippen LogP contribution in [-0.2, 0) is 6.54 Å². The number of nitrogens with zero attached hydrogens (tertiary/aromatic N) is 2. The van der Waals surface area contributed by atoms with Gasteiger partial charge in [-0.1, -0.05) is 33.1 Å². The summed E-state index contributed by atoms with van der Waals surface area (Å²) in [6.45, 7) is 6.37. The second-order valence-electron chi connectivity index (χ2n) is 6.43. The van der Waals surface area contributed by atoms with Crippen molar-refractivity contribution in [1.82, 2.24) is 10.3 Å². The van der Waals surface area contributed by atoms with Gasteiger partial charge in [0.05, 0.1) is 5.69 Å². The van der Waals surface area contributed by atoms with Gasteiger partial charge in [-0.2, -0.15) is 0 Å². The first-order valence-corrected chi connectivity index (χ1v) is 8.05. The van der Waals surface area contributed by atoms with Crippen LogP contribution in [0.15, 0.2) is 18.3 Å². The molecule has 1 aliphatic carbocycles. The largest absolute Gasteiger partial charge is 0.372 e. The maximum atomic E-state index is 4.47. The number of hydrogen-bond donors (Lipinski definition) is 1. The molecule has 1 N–H and O–H groups in total. The van der Waals surface area contributed by atoms with Crippen molar-refractivity contribution in [2.24, 2.45) is 5.92 Å².